The van der Waals surface area contributed by atoms with Crippen molar-refractivity contribution in [2.24, 2.45) is 0 Å². The molecule has 2 N–H and O–H groups in total. The van der Waals surface area contributed by atoms with Crippen LogP contribution in [0.25, 0.3) is 0 Å². The van der Waals surface area contributed by atoms with Gasteiger partial charge in [-0.25, -0.2) is 4.68 Å². The molecule has 1 atom stereocenters. The zero-order valence-corrected chi connectivity index (χ0v) is 21.0. The Morgan fingerprint density at radius 1 is 1.27 bits per heavy atom. The number of aromatic nitrogens is 3. The maximum absolute atomic E-state index is 13.7. The quantitative estimate of drug-likeness (QED) is 0.293. The lowest BCUT2D eigenvalue weighted by Gasteiger charge is -2.28. The monoisotopic (exact) mass is 483 g/mol. The van der Waals surface area contributed by atoms with Gasteiger partial charge in [-0.1, -0.05) is 37.2 Å². The number of nitrogens with zero attached hydrogens (tertiary/aromatic N) is 3. The van der Waals surface area contributed by atoms with Crippen molar-refractivity contribution in [3.63, 3.8) is 0 Å². The maximum atomic E-state index is 13.7. The highest BCUT2D eigenvalue weighted by atomic mass is 32.2. The van der Waals surface area contributed by atoms with Crippen LogP contribution < -0.4 is 15.4 Å². The van der Waals surface area contributed by atoms with Gasteiger partial charge in [-0.2, -0.15) is 4.98 Å². The number of thiophene rings is 1. The number of ether oxygens (including phenoxy) is 1. The molecule has 174 valence electrons. The minimum atomic E-state index is -0.353. The normalized spacial score (nSPS) is 15.2. The van der Waals surface area contributed by atoms with E-state index in [1.54, 1.807) is 23.1 Å². The van der Waals surface area contributed by atoms with Gasteiger partial charge in [0.05, 0.1) is 17.9 Å². The second-order valence-corrected chi connectivity index (χ2v) is 9.79. The van der Waals surface area contributed by atoms with Crippen molar-refractivity contribution in [1.29, 1.82) is 0 Å². The summed E-state index contributed by atoms with van der Waals surface area (Å²) in [5, 5.41) is 13.9. The SMILES string of the molecule is CCCCSc1nc2n(n1)C(c1sccc1C)C(C(=O)Nc1ccccc1OCC)=C(C)N2. The van der Waals surface area contributed by atoms with Crippen LogP contribution in [0.4, 0.5) is 11.6 Å². The zero-order chi connectivity index (χ0) is 23.4. The van der Waals surface area contributed by atoms with E-state index in [-0.39, 0.29) is 11.9 Å². The number of para-hydroxylation sites is 2. The van der Waals surface area contributed by atoms with Crippen LogP contribution in [0, 0.1) is 6.92 Å². The number of hydrogen-bond acceptors (Lipinski definition) is 7. The van der Waals surface area contributed by atoms with Gasteiger partial charge in [0.1, 0.15) is 11.8 Å². The number of carbonyl (C=O) groups is 1. The number of aryl methyl sites for hydroxylation is 1. The van der Waals surface area contributed by atoms with Gasteiger partial charge in [0.25, 0.3) is 5.91 Å². The van der Waals surface area contributed by atoms with E-state index in [0.29, 0.717) is 29.6 Å². The third kappa shape index (κ3) is 4.94. The molecule has 0 saturated carbocycles. The molecule has 3 heterocycles. The van der Waals surface area contributed by atoms with Gasteiger partial charge in [-0.15, -0.1) is 16.4 Å². The van der Waals surface area contributed by atoms with E-state index in [4.69, 9.17) is 14.8 Å². The molecule has 2 aromatic heterocycles. The summed E-state index contributed by atoms with van der Waals surface area (Å²) < 4.78 is 7.55. The third-order valence-corrected chi connectivity index (χ3v) is 7.39. The highest BCUT2D eigenvalue weighted by molar-refractivity contribution is 7.99. The van der Waals surface area contributed by atoms with Crippen LogP contribution in [-0.4, -0.2) is 33.0 Å². The summed E-state index contributed by atoms with van der Waals surface area (Å²) >= 11 is 3.28. The van der Waals surface area contributed by atoms with Crippen molar-refractivity contribution < 1.29 is 9.53 Å². The van der Waals surface area contributed by atoms with Crippen LogP contribution >= 0.6 is 23.1 Å². The molecule has 0 radical (unpaired) electrons. The van der Waals surface area contributed by atoms with Crippen LogP contribution in [0.1, 0.15) is 50.1 Å². The van der Waals surface area contributed by atoms with E-state index in [1.165, 1.54) is 0 Å². The molecular formula is C24H29N5O2S2. The highest BCUT2D eigenvalue weighted by Crippen LogP contribution is 2.40. The zero-order valence-electron chi connectivity index (χ0n) is 19.3. The molecule has 7 nitrogen and oxygen atoms in total. The highest BCUT2D eigenvalue weighted by Gasteiger charge is 2.36. The summed E-state index contributed by atoms with van der Waals surface area (Å²) in [4.78, 5) is 19.4. The number of rotatable bonds is 9. The molecule has 0 aliphatic carbocycles. The van der Waals surface area contributed by atoms with E-state index in [9.17, 15) is 4.79 Å². The Kier molecular flexibility index (Phi) is 7.39. The molecule has 4 rings (SSSR count). The first-order valence-corrected chi connectivity index (χ1v) is 13.0. The predicted molar refractivity (Wildman–Crippen MR) is 135 cm³/mol. The fraction of sp³-hybridized carbons (Fsp3) is 0.375. The van der Waals surface area contributed by atoms with Crippen LogP contribution in [0.3, 0.4) is 0 Å². The summed E-state index contributed by atoms with van der Waals surface area (Å²) in [7, 11) is 0. The molecule has 33 heavy (non-hydrogen) atoms. The van der Waals surface area contributed by atoms with Gasteiger partial charge in [0.15, 0.2) is 0 Å². The first-order chi connectivity index (χ1) is 16.0. The number of allylic oxidation sites excluding steroid dienone is 1. The van der Waals surface area contributed by atoms with Crippen LogP contribution in [-0.2, 0) is 4.79 Å². The third-order valence-electron chi connectivity index (χ3n) is 5.39. The summed E-state index contributed by atoms with van der Waals surface area (Å²) in [5.74, 6) is 2.09. The Morgan fingerprint density at radius 3 is 2.82 bits per heavy atom. The number of carbonyl (C=O) groups excluding carboxylic acids is 1. The molecule has 0 saturated heterocycles. The van der Waals surface area contributed by atoms with Gasteiger partial charge < -0.3 is 15.4 Å². The van der Waals surface area contributed by atoms with Crippen LogP contribution in [0.15, 0.2) is 52.1 Å². The van der Waals surface area contributed by atoms with Gasteiger partial charge >= 0.3 is 0 Å². The Bertz CT molecular complexity index is 1170. The lowest BCUT2D eigenvalue weighted by Crippen LogP contribution is -2.31. The second kappa shape index (κ2) is 10.4. The average molecular weight is 484 g/mol. The summed E-state index contributed by atoms with van der Waals surface area (Å²) in [6.07, 6.45) is 2.24. The Morgan fingerprint density at radius 2 is 2.09 bits per heavy atom. The molecule has 1 amide bonds. The predicted octanol–water partition coefficient (Wildman–Crippen LogP) is 5.87. The largest absolute Gasteiger partial charge is 0.492 e. The Hall–Kier alpha value is -2.78. The van der Waals surface area contributed by atoms with Crippen molar-refractivity contribution >= 4 is 40.6 Å². The number of benzene rings is 1. The summed E-state index contributed by atoms with van der Waals surface area (Å²) in [5.41, 5.74) is 3.16. The minimum Gasteiger partial charge on any atom is -0.492 e. The molecular weight excluding hydrogens is 454 g/mol. The van der Waals surface area contributed by atoms with E-state index in [2.05, 4.69) is 35.9 Å². The first kappa shape index (κ1) is 23.4. The maximum Gasteiger partial charge on any atom is 0.256 e. The fourth-order valence-electron chi connectivity index (χ4n) is 3.74. The molecule has 3 aromatic rings. The number of nitrogens with one attached hydrogen (secondary N) is 2. The Balaban J connectivity index is 1.71. The smallest absolute Gasteiger partial charge is 0.256 e. The van der Waals surface area contributed by atoms with Gasteiger partial charge in [0, 0.05) is 16.3 Å². The first-order valence-electron chi connectivity index (χ1n) is 11.2. The fourth-order valence-corrected chi connectivity index (χ4v) is 5.67. The van der Waals surface area contributed by atoms with Crippen molar-refractivity contribution in [3.05, 3.63) is 57.4 Å². The molecule has 9 heteroatoms. The number of anilines is 2. The van der Waals surface area contributed by atoms with Crippen LogP contribution in [0.2, 0.25) is 0 Å². The molecule has 0 spiro atoms. The number of hydrogen-bond donors (Lipinski definition) is 2. The van der Waals surface area contributed by atoms with Gasteiger partial charge in [0.2, 0.25) is 11.1 Å². The van der Waals surface area contributed by atoms with Crippen molar-refractivity contribution in [1.82, 2.24) is 14.8 Å². The summed E-state index contributed by atoms with van der Waals surface area (Å²) in [6, 6.07) is 9.21. The topological polar surface area (TPSA) is 81.1 Å². The minimum absolute atomic E-state index is 0.189. The van der Waals surface area contributed by atoms with Crippen molar-refractivity contribution in [3.8, 4) is 5.75 Å². The molecule has 1 aliphatic heterocycles. The van der Waals surface area contributed by atoms with Crippen molar-refractivity contribution in [2.75, 3.05) is 23.0 Å². The Labute approximate surface area is 202 Å². The van der Waals surface area contributed by atoms with Gasteiger partial charge in [-0.05, 0) is 56.3 Å². The van der Waals surface area contributed by atoms with E-state index in [1.807, 2.05) is 42.8 Å². The van der Waals surface area contributed by atoms with Gasteiger partial charge in [-0.3, -0.25) is 4.79 Å². The molecule has 1 aromatic carbocycles. The lowest BCUT2D eigenvalue weighted by molar-refractivity contribution is -0.113. The second-order valence-electron chi connectivity index (χ2n) is 7.78. The molecule has 1 aliphatic rings. The van der Waals surface area contributed by atoms with Crippen molar-refractivity contribution in [2.45, 2.75) is 51.7 Å². The number of thioether (sulfide) groups is 1. The number of amides is 1. The number of fused-ring (bicyclic) bond motifs is 1. The standard InChI is InChI=1S/C24H29N5O2S2/c1-5-7-13-33-24-27-23-25-16(4)19(20(29(23)28-24)21-15(3)12-14-32-21)22(30)26-17-10-8-9-11-18(17)31-6-2/h8-12,14,20H,5-7,13H2,1-4H3,(H,26,30)(H,25,27,28). The van der Waals surface area contributed by atoms with Crippen LogP contribution in [0.5, 0.6) is 5.75 Å². The molecule has 1 unspecified atom stereocenters. The number of unbranched alkanes of at least 4 members (excludes halogenated alkanes) is 1. The molecule has 0 fully saturated rings. The lowest BCUT2D eigenvalue weighted by atomic mass is 9.98. The average Bonchev–Trinajstić information content (AvgIpc) is 3.40. The van der Waals surface area contributed by atoms with E-state index >= 15 is 0 Å². The molecule has 0 bridgehead atoms. The summed E-state index contributed by atoms with van der Waals surface area (Å²) in [6.45, 7) is 8.60. The van der Waals surface area contributed by atoms with E-state index < -0.39 is 0 Å². The van der Waals surface area contributed by atoms with E-state index in [0.717, 1.165) is 39.9 Å².